The van der Waals surface area contributed by atoms with Crippen LogP contribution in [0.1, 0.15) is 29.2 Å². The Morgan fingerprint density at radius 2 is 2.00 bits per heavy atom. The molecule has 0 amide bonds. The zero-order chi connectivity index (χ0) is 17.4. The Balaban J connectivity index is 1.80. The number of aromatic nitrogens is 3. The molecule has 0 spiro atoms. The van der Waals surface area contributed by atoms with Gasteiger partial charge in [0.2, 0.25) is 10.8 Å². The Hall–Kier alpha value is -1.48. The second kappa shape index (κ2) is 7.03. The fourth-order valence-electron chi connectivity index (χ4n) is 3.13. The average Bonchev–Trinajstić information content (AvgIpc) is 3.18. The molecule has 0 radical (unpaired) electrons. The van der Waals surface area contributed by atoms with Gasteiger partial charge in [-0.1, -0.05) is 46.3 Å². The molecule has 3 heterocycles. The summed E-state index contributed by atoms with van der Waals surface area (Å²) in [6, 6.07) is 8.22. The van der Waals surface area contributed by atoms with Crippen LogP contribution in [-0.2, 0) is 11.2 Å². The number of aromatic hydroxyl groups is 1. The lowest BCUT2D eigenvalue weighted by Gasteiger charge is -2.34. The maximum Gasteiger partial charge on any atom is 0.230 e. The molecule has 1 aliphatic rings. The maximum atomic E-state index is 10.8. The van der Waals surface area contributed by atoms with Crippen molar-refractivity contribution in [1.29, 1.82) is 0 Å². The SMILES string of the molecule is CCc1nc2sc([C@H](c3ccc(Br)cc3)N3CCOCC3)c(O)n2n1. The van der Waals surface area contributed by atoms with E-state index in [1.54, 1.807) is 4.52 Å². The van der Waals surface area contributed by atoms with E-state index < -0.39 is 0 Å². The molecule has 3 aromatic rings. The van der Waals surface area contributed by atoms with Crippen LogP contribution in [0.5, 0.6) is 5.88 Å². The summed E-state index contributed by atoms with van der Waals surface area (Å²) in [7, 11) is 0. The lowest BCUT2D eigenvalue weighted by molar-refractivity contribution is 0.0241. The van der Waals surface area contributed by atoms with Crippen LogP contribution in [0.25, 0.3) is 4.96 Å². The third-order valence-corrected chi connectivity index (χ3v) is 6.01. The number of fused-ring (bicyclic) bond motifs is 1. The summed E-state index contributed by atoms with van der Waals surface area (Å²) in [5.74, 6) is 0.936. The highest BCUT2D eigenvalue weighted by molar-refractivity contribution is 9.10. The van der Waals surface area contributed by atoms with E-state index in [9.17, 15) is 5.11 Å². The molecule has 8 heteroatoms. The number of morpholine rings is 1. The molecular weight excluding hydrogens is 404 g/mol. The van der Waals surface area contributed by atoms with Gasteiger partial charge >= 0.3 is 0 Å². The van der Waals surface area contributed by atoms with Crippen molar-refractivity contribution in [3.63, 3.8) is 0 Å². The number of ether oxygens (including phenoxy) is 1. The first kappa shape index (κ1) is 17.0. The molecule has 1 atom stereocenters. The van der Waals surface area contributed by atoms with Gasteiger partial charge in [0.25, 0.3) is 0 Å². The Kier molecular flexibility index (Phi) is 4.77. The fraction of sp³-hybridized carbons (Fsp3) is 0.412. The van der Waals surface area contributed by atoms with Crippen molar-refractivity contribution in [3.8, 4) is 5.88 Å². The van der Waals surface area contributed by atoms with E-state index in [0.717, 1.165) is 45.2 Å². The van der Waals surface area contributed by atoms with Gasteiger partial charge in [0.05, 0.1) is 24.1 Å². The van der Waals surface area contributed by atoms with E-state index in [1.165, 1.54) is 11.3 Å². The molecular formula is C17H19BrN4O2S. The predicted octanol–water partition coefficient (Wildman–Crippen LogP) is 3.24. The minimum absolute atomic E-state index is 0.0319. The van der Waals surface area contributed by atoms with Crippen molar-refractivity contribution in [2.45, 2.75) is 19.4 Å². The summed E-state index contributed by atoms with van der Waals surface area (Å²) in [5.41, 5.74) is 1.14. The van der Waals surface area contributed by atoms with Gasteiger partial charge in [0, 0.05) is 24.0 Å². The van der Waals surface area contributed by atoms with Gasteiger partial charge in [0.15, 0.2) is 5.82 Å². The van der Waals surface area contributed by atoms with Crippen LogP contribution >= 0.6 is 27.3 Å². The van der Waals surface area contributed by atoms with Gasteiger partial charge in [-0.05, 0) is 17.7 Å². The van der Waals surface area contributed by atoms with Crippen molar-refractivity contribution >= 4 is 32.2 Å². The number of thiazole rings is 1. The molecule has 0 saturated carbocycles. The Morgan fingerprint density at radius 1 is 1.28 bits per heavy atom. The van der Waals surface area contributed by atoms with Crippen molar-refractivity contribution < 1.29 is 9.84 Å². The summed E-state index contributed by atoms with van der Waals surface area (Å²) in [6.45, 7) is 5.07. The zero-order valence-electron chi connectivity index (χ0n) is 13.9. The molecule has 2 aromatic heterocycles. The molecule has 1 saturated heterocycles. The van der Waals surface area contributed by atoms with Crippen molar-refractivity contribution in [2.75, 3.05) is 26.3 Å². The first-order valence-corrected chi connectivity index (χ1v) is 9.93. The number of hydrogen-bond acceptors (Lipinski definition) is 6. The number of nitrogens with zero attached hydrogens (tertiary/aromatic N) is 4. The zero-order valence-corrected chi connectivity index (χ0v) is 16.3. The van der Waals surface area contributed by atoms with Gasteiger partial charge in [0.1, 0.15) is 0 Å². The van der Waals surface area contributed by atoms with Crippen LogP contribution in [0.3, 0.4) is 0 Å². The maximum absolute atomic E-state index is 10.8. The van der Waals surface area contributed by atoms with Crippen LogP contribution in [-0.4, -0.2) is 50.9 Å². The average molecular weight is 423 g/mol. The molecule has 1 N–H and O–H groups in total. The van der Waals surface area contributed by atoms with E-state index in [-0.39, 0.29) is 11.9 Å². The second-order valence-electron chi connectivity index (χ2n) is 5.97. The Bertz CT molecular complexity index is 871. The molecule has 6 nitrogen and oxygen atoms in total. The summed E-state index contributed by atoms with van der Waals surface area (Å²) in [6.07, 6.45) is 0.753. The molecule has 1 aromatic carbocycles. The van der Waals surface area contributed by atoms with Crippen LogP contribution in [0.4, 0.5) is 0 Å². The van der Waals surface area contributed by atoms with Gasteiger partial charge in [-0.3, -0.25) is 4.90 Å². The van der Waals surface area contributed by atoms with Crippen LogP contribution in [0, 0.1) is 0 Å². The highest BCUT2D eigenvalue weighted by Gasteiger charge is 2.30. The van der Waals surface area contributed by atoms with Crippen LogP contribution in [0.2, 0.25) is 0 Å². The lowest BCUT2D eigenvalue weighted by Crippen LogP contribution is -2.39. The van der Waals surface area contributed by atoms with Crippen LogP contribution in [0.15, 0.2) is 28.7 Å². The van der Waals surface area contributed by atoms with Gasteiger partial charge in [-0.25, -0.2) is 4.98 Å². The van der Waals surface area contributed by atoms with E-state index in [0.29, 0.717) is 13.2 Å². The van der Waals surface area contributed by atoms with Crippen molar-refractivity contribution in [3.05, 3.63) is 45.0 Å². The van der Waals surface area contributed by atoms with E-state index in [4.69, 9.17) is 4.74 Å². The molecule has 4 rings (SSSR count). The van der Waals surface area contributed by atoms with Crippen LogP contribution < -0.4 is 0 Å². The van der Waals surface area contributed by atoms with Gasteiger partial charge in [-0.2, -0.15) is 4.52 Å². The highest BCUT2D eigenvalue weighted by atomic mass is 79.9. The third-order valence-electron chi connectivity index (χ3n) is 4.40. The number of aryl methyl sites for hydroxylation is 1. The minimum atomic E-state index is -0.0319. The summed E-state index contributed by atoms with van der Waals surface area (Å²) in [5, 5.41) is 15.2. The first-order valence-electron chi connectivity index (χ1n) is 8.32. The van der Waals surface area contributed by atoms with Crippen molar-refractivity contribution in [2.24, 2.45) is 0 Å². The summed E-state index contributed by atoms with van der Waals surface area (Å²) >= 11 is 5.00. The van der Waals surface area contributed by atoms with E-state index >= 15 is 0 Å². The number of rotatable bonds is 4. The molecule has 1 fully saturated rings. The molecule has 25 heavy (non-hydrogen) atoms. The molecule has 0 bridgehead atoms. The largest absolute Gasteiger partial charge is 0.492 e. The minimum Gasteiger partial charge on any atom is -0.492 e. The normalized spacial score (nSPS) is 17.2. The molecule has 0 aliphatic carbocycles. The quantitative estimate of drug-likeness (QED) is 0.698. The highest BCUT2D eigenvalue weighted by Crippen LogP contribution is 2.40. The number of hydrogen-bond donors (Lipinski definition) is 1. The summed E-state index contributed by atoms with van der Waals surface area (Å²) in [4.78, 5) is 8.47. The molecule has 0 unspecified atom stereocenters. The molecule has 1 aliphatic heterocycles. The Morgan fingerprint density at radius 3 is 2.64 bits per heavy atom. The van der Waals surface area contributed by atoms with E-state index in [1.807, 2.05) is 19.1 Å². The monoisotopic (exact) mass is 422 g/mol. The number of halogens is 1. The predicted molar refractivity (Wildman–Crippen MR) is 100 cm³/mol. The standard InChI is InChI=1S/C17H19BrN4O2S/c1-2-13-19-17-22(20-13)16(23)15(25-17)14(21-7-9-24-10-8-21)11-3-5-12(18)6-4-11/h3-6,14,23H,2,7-10H2,1H3/t14-/m0/s1. The summed E-state index contributed by atoms with van der Waals surface area (Å²) < 4.78 is 8.11. The van der Waals surface area contributed by atoms with Gasteiger partial charge in [-0.15, -0.1) is 5.10 Å². The Labute approximate surface area is 158 Å². The smallest absolute Gasteiger partial charge is 0.230 e. The topological polar surface area (TPSA) is 62.9 Å². The van der Waals surface area contributed by atoms with Crippen molar-refractivity contribution in [1.82, 2.24) is 19.5 Å². The lowest BCUT2D eigenvalue weighted by atomic mass is 10.0. The first-order chi connectivity index (χ1) is 12.2. The fourth-order valence-corrected chi connectivity index (χ4v) is 4.53. The van der Waals surface area contributed by atoms with E-state index in [2.05, 4.69) is 43.0 Å². The molecule has 132 valence electrons. The second-order valence-corrected chi connectivity index (χ2v) is 7.89. The number of benzene rings is 1. The van der Waals surface area contributed by atoms with Gasteiger partial charge < -0.3 is 9.84 Å². The third kappa shape index (κ3) is 3.19.